The Morgan fingerprint density at radius 2 is 2.00 bits per heavy atom. The van der Waals surface area contributed by atoms with Crippen molar-refractivity contribution in [3.8, 4) is 0 Å². The third kappa shape index (κ3) is 3.46. The number of aromatic nitrogens is 3. The highest BCUT2D eigenvalue weighted by Crippen LogP contribution is 2.43. The molecule has 1 aliphatic heterocycles. The summed E-state index contributed by atoms with van der Waals surface area (Å²) in [4.78, 5) is 34.1. The zero-order valence-electron chi connectivity index (χ0n) is 16.5. The summed E-state index contributed by atoms with van der Waals surface area (Å²) in [5, 5.41) is 7.21. The SMILES string of the molecule is CN(C)c1ccc(NC(=O)C2CCC(=O)N(C3CC3)C2c2ccnn2C)nc1. The number of hydrogen-bond donors (Lipinski definition) is 1. The molecule has 0 aromatic carbocycles. The van der Waals surface area contributed by atoms with Crippen molar-refractivity contribution in [1.29, 1.82) is 0 Å². The largest absolute Gasteiger partial charge is 0.376 e. The number of nitrogens with one attached hydrogen (secondary N) is 1. The van der Waals surface area contributed by atoms with Gasteiger partial charge in [-0.05, 0) is 37.5 Å². The van der Waals surface area contributed by atoms with Crippen molar-refractivity contribution in [2.45, 2.75) is 37.8 Å². The van der Waals surface area contributed by atoms with Crippen molar-refractivity contribution in [2.75, 3.05) is 24.3 Å². The molecule has 1 aliphatic carbocycles. The number of amides is 2. The summed E-state index contributed by atoms with van der Waals surface area (Å²) in [7, 11) is 5.74. The highest BCUT2D eigenvalue weighted by molar-refractivity contribution is 5.94. The van der Waals surface area contributed by atoms with Crippen LogP contribution in [0.4, 0.5) is 11.5 Å². The second kappa shape index (κ2) is 7.26. The fourth-order valence-corrected chi connectivity index (χ4v) is 3.94. The van der Waals surface area contributed by atoms with Gasteiger partial charge in [0.15, 0.2) is 0 Å². The van der Waals surface area contributed by atoms with Gasteiger partial charge in [-0.15, -0.1) is 0 Å². The number of pyridine rings is 1. The first-order chi connectivity index (χ1) is 13.5. The molecule has 2 aromatic heterocycles. The van der Waals surface area contributed by atoms with Gasteiger partial charge in [-0.3, -0.25) is 14.3 Å². The van der Waals surface area contributed by atoms with Crippen molar-refractivity contribution in [2.24, 2.45) is 13.0 Å². The second-order valence-corrected chi connectivity index (χ2v) is 7.79. The van der Waals surface area contributed by atoms with Crippen LogP contribution in [-0.2, 0) is 16.6 Å². The zero-order valence-corrected chi connectivity index (χ0v) is 16.5. The molecule has 2 aromatic rings. The number of piperidine rings is 1. The third-order valence-electron chi connectivity index (χ3n) is 5.59. The Hall–Kier alpha value is -2.90. The number of anilines is 2. The summed E-state index contributed by atoms with van der Waals surface area (Å²) in [6.07, 6.45) is 6.38. The summed E-state index contributed by atoms with van der Waals surface area (Å²) < 4.78 is 1.77. The van der Waals surface area contributed by atoms with Gasteiger partial charge in [0.2, 0.25) is 11.8 Å². The van der Waals surface area contributed by atoms with E-state index in [9.17, 15) is 9.59 Å². The summed E-state index contributed by atoms with van der Waals surface area (Å²) >= 11 is 0. The van der Waals surface area contributed by atoms with Crippen LogP contribution in [0.2, 0.25) is 0 Å². The molecule has 0 bridgehead atoms. The van der Waals surface area contributed by atoms with Crippen LogP contribution in [0, 0.1) is 5.92 Å². The van der Waals surface area contributed by atoms with E-state index in [0.29, 0.717) is 18.7 Å². The normalized spacial score (nSPS) is 22.2. The van der Waals surface area contributed by atoms with E-state index >= 15 is 0 Å². The minimum absolute atomic E-state index is 0.102. The number of hydrogen-bond acceptors (Lipinski definition) is 5. The summed E-state index contributed by atoms with van der Waals surface area (Å²) in [6.45, 7) is 0. The van der Waals surface area contributed by atoms with E-state index in [1.807, 2.05) is 43.1 Å². The van der Waals surface area contributed by atoms with Gasteiger partial charge in [-0.2, -0.15) is 5.10 Å². The molecule has 3 heterocycles. The van der Waals surface area contributed by atoms with Crippen molar-refractivity contribution >= 4 is 23.3 Å². The van der Waals surface area contributed by atoms with Crippen LogP contribution < -0.4 is 10.2 Å². The first kappa shape index (κ1) is 18.5. The highest BCUT2D eigenvalue weighted by atomic mass is 16.2. The smallest absolute Gasteiger partial charge is 0.231 e. The first-order valence-corrected chi connectivity index (χ1v) is 9.69. The maximum Gasteiger partial charge on any atom is 0.231 e. The lowest BCUT2D eigenvalue weighted by atomic mass is 9.85. The van der Waals surface area contributed by atoms with Gasteiger partial charge in [0, 0.05) is 39.8 Å². The van der Waals surface area contributed by atoms with Crippen LogP contribution in [0.15, 0.2) is 30.6 Å². The molecule has 1 N–H and O–H groups in total. The molecule has 1 saturated heterocycles. The van der Waals surface area contributed by atoms with E-state index in [-0.39, 0.29) is 29.8 Å². The monoisotopic (exact) mass is 382 g/mol. The molecule has 4 rings (SSSR count). The van der Waals surface area contributed by atoms with Crippen LogP contribution in [0.25, 0.3) is 0 Å². The minimum atomic E-state index is -0.330. The van der Waals surface area contributed by atoms with E-state index in [1.165, 1.54) is 0 Å². The fraction of sp³-hybridized carbons (Fsp3) is 0.500. The van der Waals surface area contributed by atoms with E-state index < -0.39 is 0 Å². The maximum absolute atomic E-state index is 13.2. The molecule has 1 saturated carbocycles. The Kier molecular flexibility index (Phi) is 4.78. The standard InChI is InChI=1S/C20H26N6O2/c1-24(2)14-6-8-17(21-12-14)23-20(28)15-7-9-18(27)26(13-4-5-13)19(15)16-10-11-22-25(16)3/h6,8,10-13,15,19H,4-5,7,9H2,1-3H3,(H,21,23,28). The Bertz CT molecular complexity index is 871. The molecular weight excluding hydrogens is 356 g/mol. The van der Waals surface area contributed by atoms with Gasteiger partial charge in [-0.1, -0.05) is 0 Å². The van der Waals surface area contributed by atoms with Crippen molar-refractivity contribution in [1.82, 2.24) is 19.7 Å². The lowest BCUT2D eigenvalue weighted by Gasteiger charge is -2.40. The Balaban J connectivity index is 1.59. The second-order valence-electron chi connectivity index (χ2n) is 7.79. The van der Waals surface area contributed by atoms with Crippen molar-refractivity contribution in [3.05, 3.63) is 36.3 Å². The summed E-state index contributed by atoms with van der Waals surface area (Å²) in [5.41, 5.74) is 1.87. The number of aryl methyl sites for hydroxylation is 1. The molecule has 2 fully saturated rings. The van der Waals surface area contributed by atoms with E-state index in [1.54, 1.807) is 23.1 Å². The zero-order chi connectivity index (χ0) is 19.8. The first-order valence-electron chi connectivity index (χ1n) is 9.69. The van der Waals surface area contributed by atoms with Gasteiger partial charge in [0.05, 0.1) is 29.5 Å². The molecule has 28 heavy (non-hydrogen) atoms. The Morgan fingerprint density at radius 3 is 2.57 bits per heavy atom. The molecular formula is C20H26N6O2. The highest BCUT2D eigenvalue weighted by Gasteiger charge is 2.47. The van der Waals surface area contributed by atoms with Gasteiger partial charge in [0.1, 0.15) is 5.82 Å². The average molecular weight is 382 g/mol. The lowest BCUT2D eigenvalue weighted by Crippen LogP contribution is -2.48. The van der Waals surface area contributed by atoms with Crippen LogP contribution in [0.3, 0.4) is 0 Å². The summed E-state index contributed by atoms with van der Waals surface area (Å²) in [6, 6.07) is 5.58. The Labute approximate surface area is 164 Å². The molecule has 2 unspecified atom stereocenters. The van der Waals surface area contributed by atoms with Gasteiger partial charge >= 0.3 is 0 Å². The van der Waals surface area contributed by atoms with E-state index in [2.05, 4.69) is 15.4 Å². The minimum Gasteiger partial charge on any atom is -0.376 e. The third-order valence-corrected chi connectivity index (χ3v) is 5.59. The van der Waals surface area contributed by atoms with Crippen LogP contribution in [-0.4, -0.2) is 51.6 Å². The molecule has 2 atom stereocenters. The van der Waals surface area contributed by atoms with Crippen LogP contribution >= 0.6 is 0 Å². The molecule has 0 spiro atoms. The predicted molar refractivity (Wildman–Crippen MR) is 106 cm³/mol. The van der Waals surface area contributed by atoms with Crippen molar-refractivity contribution in [3.63, 3.8) is 0 Å². The number of carbonyl (C=O) groups excluding carboxylic acids is 2. The molecule has 8 nitrogen and oxygen atoms in total. The number of carbonyl (C=O) groups is 2. The fourth-order valence-electron chi connectivity index (χ4n) is 3.94. The van der Waals surface area contributed by atoms with E-state index in [4.69, 9.17) is 0 Å². The van der Waals surface area contributed by atoms with Gasteiger partial charge in [0.25, 0.3) is 0 Å². The predicted octanol–water partition coefficient (Wildman–Crippen LogP) is 1.96. The molecule has 8 heteroatoms. The average Bonchev–Trinajstić information content (AvgIpc) is 3.42. The van der Waals surface area contributed by atoms with Crippen LogP contribution in [0.1, 0.15) is 37.4 Å². The van der Waals surface area contributed by atoms with E-state index in [0.717, 1.165) is 24.2 Å². The maximum atomic E-state index is 13.2. The molecule has 148 valence electrons. The molecule has 2 amide bonds. The number of rotatable bonds is 5. The number of nitrogens with zero attached hydrogens (tertiary/aromatic N) is 5. The quantitative estimate of drug-likeness (QED) is 0.855. The number of likely N-dealkylation sites (tertiary alicyclic amines) is 1. The van der Waals surface area contributed by atoms with Crippen LogP contribution in [0.5, 0.6) is 0 Å². The molecule has 0 radical (unpaired) electrons. The Morgan fingerprint density at radius 1 is 1.21 bits per heavy atom. The van der Waals surface area contributed by atoms with Gasteiger partial charge in [-0.25, -0.2) is 4.98 Å². The topological polar surface area (TPSA) is 83.4 Å². The van der Waals surface area contributed by atoms with Gasteiger partial charge < -0.3 is 15.1 Å². The van der Waals surface area contributed by atoms with Crippen molar-refractivity contribution < 1.29 is 9.59 Å². The lowest BCUT2D eigenvalue weighted by molar-refractivity contribution is -0.143. The summed E-state index contributed by atoms with van der Waals surface area (Å²) in [5.74, 6) is 0.221. The molecule has 2 aliphatic rings.